The van der Waals surface area contributed by atoms with E-state index in [4.69, 9.17) is 9.05 Å². The highest BCUT2D eigenvalue weighted by molar-refractivity contribution is 7.48. The summed E-state index contributed by atoms with van der Waals surface area (Å²) in [5.74, 6) is 0.573. The van der Waals surface area contributed by atoms with Crippen LogP contribution in [0.5, 0.6) is 11.5 Å². The van der Waals surface area contributed by atoms with Gasteiger partial charge in [-0.1, -0.05) is 36.4 Å². The van der Waals surface area contributed by atoms with Gasteiger partial charge in [-0.05, 0) is 24.3 Å². The fourth-order valence-electron chi connectivity index (χ4n) is 1.25. The van der Waals surface area contributed by atoms with Crippen molar-refractivity contribution < 1.29 is 19.9 Å². The van der Waals surface area contributed by atoms with E-state index < -0.39 is 7.82 Å². The molecule has 2 aromatic carbocycles. The van der Waals surface area contributed by atoms with Gasteiger partial charge in [-0.15, -0.1) is 0 Å². The molecule has 0 unspecified atom stereocenters. The van der Waals surface area contributed by atoms with Gasteiger partial charge in [0.15, 0.2) is 0 Å². The molecule has 0 heterocycles. The normalized spacial score (nSPS) is 10.9. The lowest BCUT2D eigenvalue weighted by atomic mass is 10.3. The molecule has 2 rings (SSSR count). The third-order valence-corrected chi connectivity index (χ3v) is 2.81. The molecule has 1 radical (unpaired) electrons. The van der Waals surface area contributed by atoms with E-state index in [2.05, 4.69) is 0 Å². The van der Waals surface area contributed by atoms with E-state index in [1.165, 1.54) is 0 Å². The SMILES string of the molecule is O=P(O)(Oc1ccccc1)Oc1ccccc1.[H]. The monoisotopic (exact) mass is 251 g/mol. The maximum atomic E-state index is 11.7. The summed E-state index contributed by atoms with van der Waals surface area (Å²) in [6, 6.07) is 16.7. The molecule has 0 fully saturated rings. The van der Waals surface area contributed by atoms with Crippen LogP contribution in [0.15, 0.2) is 60.7 Å². The molecule has 0 amide bonds. The second-order valence-electron chi connectivity index (χ2n) is 3.28. The fraction of sp³-hybridized carbons (Fsp3) is 0. The first-order chi connectivity index (χ1) is 8.16. The maximum Gasteiger partial charge on any atom is 0.584 e. The molecule has 0 bridgehead atoms. The minimum atomic E-state index is -4.14. The van der Waals surface area contributed by atoms with E-state index in [1.807, 2.05) is 0 Å². The van der Waals surface area contributed by atoms with Crippen LogP contribution in [-0.2, 0) is 4.57 Å². The third kappa shape index (κ3) is 3.63. The van der Waals surface area contributed by atoms with Gasteiger partial charge in [0.05, 0.1) is 0 Å². The molecule has 0 atom stereocenters. The van der Waals surface area contributed by atoms with Crippen LogP contribution in [-0.4, -0.2) is 4.89 Å². The van der Waals surface area contributed by atoms with Crippen molar-refractivity contribution in [3.63, 3.8) is 0 Å². The third-order valence-electron chi connectivity index (χ3n) is 1.93. The number of hydrogen-bond donors (Lipinski definition) is 1. The van der Waals surface area contributed by atoms with Crippen LogP contribution < -0.4 is 9.05 Å². The van der Waals surface area contributed by atoms with E-state index in [0.717, 1.165) is 0 Å². The van der Waals surface area contributed by atoms with Gasteiger partial charge in [-0.3, -0.25) is 4.89 Å². The summed E-state index contributed by atoms with van der Waals surface area (Å²) in [6.07, 6.45) is 0. The van der Waals surface area contributed by atoms with Gasteiger partial charge in [-0.2, -0.15) is 0 Å². The minimum absolute atomic E-state index is 0. The van der Waals surface area contributed by atoms with Gasteiger partial charge < -0.3 is 9.05 Å². The first kappa shape index (κ1) is 11.7. The van der Waals surface area contributed by atoms with Crippen molar-refractivity contribution in [1.29, 1.82) is 0 Å². The average Bonchev–Trinajstić information content (AvgIpc) is 2.30. The van der Waals surface area contributed by atoms with Crippen LogP contribution in [0, 0.1) is 0 Å². The van der Waals surface area contributed by atoms with Crippen molar-refractivity contribution in [2.45, 2.75) is 0 Å². The van der Waals surface area contributed by atoms with Gasteiger partial charge >= 0.3 is 7.82 Å². The molecule has 89 valence electrons. The fourth-order valence-corrected chi connectivity index (χ4v) is 2.06. The number of rotatable bonds is 4. The smallest absolute Gasteiger partial charge is 0.395 e. The first-order valence-electron chi connectivity index (χ1n) is 4.98. The number of phosphoric ester groups is 1. The largest absolute Gasteiger partial charge is 0.584 e. The lowest BCUT2D eigenvalue weighted by Gasteiger charge is -2.13. The lowest BCUT2D eigenvalue weighted by Crippen LogP contribution is -1.99. The summed E-state index contributed by atoms with van der Waals surface area (Å²) in [4.78, 5) is 9.53. The van der Waals surface area contributed by atoms with E-state index in [9.17, 15) is 9.46 Å². The van der Waals surface area contributed by atoms with Gasteiger partial charge in [0.25, 0.3) is 0 Å². The van der Waals surface area contributed by atoms with E-state index >= 15 is 0 Å². The number of benzene rings is 2. The molecule has 0 aliphatic heterocycles. The maximum absolute atomic E-state index is 11.7. The van der Waals surface area contributed by atoms with Crippen LogP contribution in [0.3, 0.4) is 0 Å². The molecule has 1 N–H and O–H groups in total. The second kappa shape index (κ2) is 5.04. The molecular formula is C12H12O4P. The van der Waals surface area contributed by atoms with Gasteiger partial charge in [-0.25, -0.2) is 4.57 Å². The number of para-hydroxylation sites is 2. The first-order valence-corrected chi connectivity index (χ1v) is 6.47. The Kier molecular flexibility index (Phi) is 3.47. The molecule has 0 aliphatic rings. The number of hydrogen-bond acceptors (Lipinski definition) is 3. The molecule has 4 nitrogen and oxygen atoms in total. The predicted octanol–water partition coefficient (Wildman–Crippen LogP) is 3.36. The summed E-state index contributed by atoms with van der Waals surface area (Å²) >= 11 is 0. The Balaban J connectivity index is 0.00000162. The predicted molar refractivity (Wildman–Crippen MR) is 65.1 cm³/mol. The van der Waals surface area contributed by atoms with Gasteiger partial charge in [0.2, 0.25) is 0 Å². The van der Waals surface area contributed by atoms with Crippen molar-refractivity contribution in [3.8, 4) is 11.5 Å². The zero-order valence-electron chi connectivity index (χ0n) is 9.89. The summed E-state index contributed by atoms with van der Waals surface area (Å²) in [5.41, 5.74) is 0. The number of phosphoric acid groups is 1. The van der Waals surface area contributed by atoms with Crippen LogP contribution in [0.2, 0.25) is 0 Å². The summed E-state index contributed by atoms with van der Waals surface area (Å²) in [5, 5.41) is 0. The quantitative estimate of drug-likeness (QED) is 0.846. The van der Waals surface area contributed by atoms with Gasteiger partial charge in [0.1, 0.15) is 11.5 Å². The standard InChI is InChI=1S/C12H11O4P.H/c13-17(14,15-11-7-3-1-4-8-11)16-12-9-5-2-6-10-12;/h1-10H,(H,13,14);. The molecule has 0 spiro atoms. The molecule has 0 aromatic heterocycles. The van der Waals surface area contributed by atoms with Crippen molar-refractivity contribution in [1.82, 2.24) is 0 Å². The lowest BCUT2D eigenvalue weighted by molar-refractivity contribution is 0.291. The summed E-state index contributed by atoms with van der Waals surface area (Å²) in [7, 11) is -4.14. The highest BCUT2D eigenvalue weighted by Crippen LogP contribution is 2.43. The summed E-state index contributed by atoms with van der Waals surface area (Å²) < 4.78 is 21.5. The zero-order chi connectivity index (χ0) is 12.1. The molecule has 17 heavy (non-hydrogen) atoms. The Labute approximate surface area is 101 Å². The second-order valence-corrected chi connectivity index (χ2v) is 4.58. The Morgan fingerprint density at radius 2 is 1.18 bits per heavy atom. The molecule has 0 aliphatic carbocycles. The molecule has 2 aromatic rings. The Bertz CT molecular complexity index is 473. The average molecular weight is 251 g/mol. The molecule has 5 heteroatoms. The summed E-state index contributed by atoms with van der Waals surface area (Å²) in [6.45, 7) is 0. The van der Waals surface area contributed by atoms with Crippen molar-refractivity contribution in [2.75, 3.05) is 0 Å². The topological polar surface area (TPSA) is 55.8 Å². The van der Waals surface area contributed by atoms with E-state index in [0.29, 0.717) is 0 Å². The van der Waals surface area contributed by atoms with E-state index in [-0.39, 0.29) is 12.9 Å². The van der Waals surface area contributed by atoms with E-state index in [1.54, 1.807) is 60.7 Å². The Morgan fingerprint density at radius 1 is 0.824 bits per heavy atom. The zero-order valence-corrected chi connectivity index (χ0v) is 9.79. The van der Waals surface area contributed by atoms with Crippen molar-refractivity contribution >= 4 is 7.82 Å². The highest BCUT2D eigenvalue weighted by Gasteiger charge is 2.24. The molecule has 0 saturated carbocycles. The Morgan fingerprint density at radius 3 is 1.53 bits per heavy atom. The van der Waals surface area contributed by atoms with Crippen LogP contribution in [0.25, 0.3) is 0 Å². The highest BCUT2D eigenvalue weighted by atomic mass is 31.2. The van der Waals surface area contributed by atoms with Crippen molar-refractivity contribution in [3.05, 3.63) is 60.7 Å². The van der Waals surface area contributed by atoms with Gasteiger partial charge in [0, 0.05) is 1.43 Å². The molecular weight excluding hydrogens is 239 g/mol. The minimum Gasteiger partial charge on any atom is -0.395 e. The van der Waals surface area contributed by atoms with Crippen LogP contribution >= 0.6 is 7.82 Å². The van der Waals surface area contributed by atoms with Crippen molar-refractivity contribution in [2.24, 2.45) is 0 Å². The van der Waals surface area contributed by atoms with Crippen LogP contribution in [0.1, 0.15) is 1.43 Å². The Hall–Kier alpha value is -1.77. The molecule has 0 saturated heterocycles. The van der Waals surface area contributed by atoms with Crippen LogP contribution in [0.4, 0.5) is 0 Å².